The minimum atomic E-state index is -0.455. The van der Waals surface area contributed by atoms with Crippen LogP contribution in [0.4, 0.5) is 0 Å². The minimum absolute atomic E-state index is 0.150. The molecule has 0 aliphatic heterocycles. The van der Waals surface area contributed by atoms with Crippen molar-refractivity contribution < 1.29 is 14.3 Å². The summed E-state index contributed by atoms with van der Waals surface area (Å²) in [5.74, 6) is -0.283. The van der Waals surface area contributed by atoms with Crippen LogP contribution in [-0.2, 0) is 9.59 Å². The number of ether oxygens (including phenoxy) is 1. The van der Waals surface area contributed by atoms with E-state index in [4.69, 9.17) is 16.3 Å². The Morgan fingerprint density at radius 3 is 2.41 bits per heavy atom. The van der Waals surface area contributed by atoms with Crippen LogP contribution in [0.1, 0.15) is 6.42 Å². The highest BCUT2D eigenvalue weighted by atomic mass is 35.5. The molecule has 0 aliphatic rings. The third-order valence-corrected chi connectivity index (χ3v) is 2.05. The van der Waals surface area contributed by atoms with Crippen LogP contribution in [0.2, 0.25) is 0 Å². The average molecular weight is 257 g/mol. The summed E-state index contributed by atoms with van der Waals surface area (Å²) in [6.07, 6.45) is 0.150. The highest BCUT2D eigenvalue weighted by molar-refractivity contribution is 6.27. The SMILES string of the molecule is O=C(CCl)NNC(=O)CCOc1ccccc1. The fourth-order valence-corrected chi connectivity index (χ4v) is 1.08. The summed E-state index contributed by atoms with van der Waals surface area (Å²) in [5, 5.41) is 0. The number of hydrogen-bond donors (Lipinski definition) is 2. The monoisotopic (exact) mass is 256 g/mol. The van der Waals surface area contributed by atoms with Crippen molar-refractivity contribution in [2.24, 2.45) is 0 Å². The van der Waals surface area contributed by atoms with E-state index in [1.54, 1.807) is 12.1 Å². The molecule has 2 N–H and O–H groups in total. The molecule has 0 heterocycles. The summed E-state index contributed by atoms with van der Waals surface area (Å²) in [4.78, 5) is 21.9. The maximum absolute atomic E-state index is 11.2. The zero-order chi connectivity index (χ0) is 12.5. The normalized spacial score (nSPS) is 9.47. The number of hydrazine groups is 1. The summed E-state index contributed by atoms with van der Waals surface area (Å²) < 4.78 is 5.31. The van der Waals surface area contributed by atoms with Gasteiger partial charge in [0, 0.05) is 0 Å². The highest BCUT2D eigenvalue weighted by Crippen LogP contribution is 2.07. The van der Waals surface area contributed by atoms with Crippen molar-refractivity contribution in [2.75, 3.05) is 12.5 Å². The summed E-state index contributed by atoms with van der Waals surface area (Å²) in [6.45, 7) is 0.243. The van der Waals surface area contributed by atoms with Gasteiger partial charge >= 0.3 is 0 Å². The quantitative estimate of drug-likeness (QED) is 0.606. The molecule has 6 heteroatoms. The Morgan fingerprint density at radius 2 is 1.76 bits per heavy atom. The van der Waals surface area contributed by atoms with Crippen molar-refractivity contribution in [1.29, 1.82) is 0 Å². The van der Waals surface area contributed by atoms with E-state index in [0.717, 1.165) is 0 Å². The third kappa shape index (κ3) is 5.77. The second-order valence-electron chi connectivity index (χ2n) is 3.14. The maximum Gasteiger partial charge on any atom is 0.253 e. The molecule has 0 spiro atoms. The molecule has 0 saturated heterocycles. The molecule has 5 nitrogen and oxygen atoms in total. The van der Waals surface area contributed by atoms with Gasteiger partial charge in [0.05, 0.1) is 13.0 Å². The first-order valence-electron chi connectivity index (χ1n) is 5.04. The number of amides is 2. The molecule has 1 rings (SSSR count). The van der Waals surface area contributed by atoms with Gasteiger partial charge in [0.2, 0.25) is 5.91 Å². The molecular weight excluding hydrogens is 244 g/mol. The van der Waals surface area contributed by atoms with Gasteiger partial charge in [-0.15, -0.1) is 11.6 Å². The van der Waals surface area contributed by atoms with Crippen LogP contribution >= 0.6 is 11.6 Å². The van der Waals surface area contributed by atoms with Gasteiger partial charge in [-0.1, -0.05) is 18.2 Å². The number of alkyl halides is 1. The number of hydrogen-bond acceptors (Lipinski definition) is 3. The fourth-order valence-electron chi connectivity index (χ4n) is 1.01. The minimum Gasteiger partial charge on any atom is -0.493 e. The van der Waals surface area contributed by atoms with Crippen LogP contribution in [-0.4, -0.2) is 24.3 Å². The lowest BCUT2D eigenvalue weighted by Crippen LogP contribution is -2.42. The number of carbonyl (C=O) groups is 2. The van der Waals surface area contributed by atoms with Gasteiger partial charge in [0.1, 0.15) is 11.6 Å². The molecule has 1 aromatic carbocycles. The first-order valence-corrected chi connectivity index (χ1v) is 5.57. The lowest BCUT2D eigenvalue weighted by Gasteiger charge is -2.07. The number of halogens is 1. The molecule has 0 saturated carbocycles. The summed E-state index contributed by atoms with van der Waals surface area (Å²) >= 11 is 5.23. The van der Waals surface area contributed by atoms with Crippen LogP contribution in [0.15, 0.2) is 30.3 Å². The van der Waals surface area contributed by atoms with Gasteiger partial charge in [0.15, 0.2) is 0 Å². The number of benzene rings is 1. The zero-order valence-corrected chi connectivity index (χ0v) is 9.87. The third-order valence-electron chi connectivity index (χ3n) is 1.80. The second-order valence-corrected chi connectivity index (χ2v) is 3.41. The number of nitrogens with one attached hydrogen (secondary N) is 2. The summed E-state index contributed by atoms with van der Waals surface area (Å²) in [5.41, 5.74) is 4.37. The van der Waals surface area contributed by atoms with Crippen LogP contribution in [0, 0.1) is 0 Å². The van der Waals surface area contributed by atoms with E-state index in [-0.39, 0.29) is 24.8 Å². The summed E-state index contributed by atoms with van der Waals surface area (Å²) in [6, 6.07) is 9.16. The molecule has 1 aromatic rings. The van der Waals surface area contributed by atoms with Crippen molar-refractivity contribution in [2.45, 2.75) is 6.42 Å². The van der Waals surface area contributed by atoms with E-state index in [0.29, 0.717) is 5.75 Å². The Labute approximate surface area is 104 Å². The molecule has 2 amide bonds. The predicted octanol–water partition coefficient (Wildman–Crippen LogP) is 0.842. The Morgan fingerprint density at radius 1 is 1.12 bits per heavy atom. The Balaban J connectivity index is 2.14. The lowest BCUT2D eigenvalue weighted by atomic mass is 10.3. The van der Waals surface area contributed by atoms with Gasteiger partial charge < -0.3 is 4.74 Å². The van der Waals surface area contributed by atoms with Gasteiger partial charge in [-0.05, 0) is 12.1 Å². The topological polar surface area (TPSA) is 67.4 Å². The summed E-state index contributed by atoms with van der Waals surface area (Å²) in [7, 11) is 0. The Hall–Kier alpha value is -1.75. The number of para-hydroxylation sites is 1. The van der Waals surface area contributed by atoms with Gasteiger partial charge in [-0.2, -0.15) is 0 Å². The first-order chi connectivity index (χ1) is 8.22. The van der Waals surface area contributed by atoms with Crippen molar-refractivity contribution in [3.8, 4) is 5.75 Å². The van der Waals surface area contributed by atoms with Crippen LogP contribution in [0.5, 0.6) is 5.75 Å². The molecule has 0 unspecified atom stereocenters. The maximum atomic E-state index is 11.2. The van der Waals surface area contributed by atoms with E-state index in [2.05, 4.69) is 10.9 Å². The van der Waals surface area contributed by atoms with E-state index in [1.165, 1.54) is 0 Å². The molecule has 17 heavy (non-hydrogen) atoms. The van der Waals surface area contributed by atoms with Crippen LogP contribution < -0.4 is 15.6 Å². The molecule has 0 aliphatic carbocycles. The Bertz CT molecular complexity index is 370. The largest absolute Gasteiger partial charge is 0.493 e. The van der Waals surface area contributed by atoms with E-state index < -0.39 is 5.91 Å². The zero-order valence-electron chi connectivity index (χ0n) is 9.11. The van der Waals surface area contributed by atoms with Crippen molar-refractivity contribution in [3.63, 3.8) is 0 Å². The smallest absolute Gasteiger partial charge is 0.253 e. The lowest BCUT2D eigenvalue weighted by molar-refractivity contribution is -0.128. The Kier molecular flexibility index (Phi) is 5.88. The molecule has 0 bridgehead atoms. The van der Waals surface area contributed by atoms with E-state index in [1.807, 2.05) is 18.2 Å². The molecular formula is C11H13ClN2O3. The van der Waals surface area contributed by atoms with Gasteiger partial charge in [-0.25, -0.2) is 0 Å². The molecule has 0 atom stereocenters. The standard InChI is InChI=1S/C11H13ClN2O3/c12-8-11(16)14-13-10(15)6-7-17-9-4-2-1-3-5-9/h1-5H,6-8H2,(H,13,15)(H,14,16). The van der Waals surface area contributed by atoms with E-state index >= 15 is 0 Å². The van der Waals surface area contributed by atoms with Crippen molar-refractivity contribution in [3.05, 3.63) is 30.3 Å². The van der Waals surface area contributed by atoms with E-state index in [9.17, 15) is 9.59 Å². The van der Waals surface area contributed by atoms with Crippen molar-refractivity contribution in [1.82, 2.24) is 10.9 Å². The molecule has 0 aromatic heterocycles. The van der Waals surface area contributed by atoms with Crippen molar-refractivity contribution >= 4 is 23.4 Å². The molecule has 92 valence electrons. The first kappa shape index (κ1) is 13.3. The van der Waals surface area contributed by atoms with Gasteiger partial charge in [-0.3, -0.25) is 20.4 Å². The number of rotatable bonds is 5. The van der Waals surface area contributed by atoms with Gasteiger partial charge in [0.25, 0.3) is 5.91 Å². The second kappa shape index (κ2) is 7.51. The van der Waals surface area contributed by atoms with Crippen LogP contribution in [0.3, 0.4) is 0 Å². The average Bonchev–Trinajstić information content (AvgIpc) is 2.37. The highest BCUT2D eigenvalue weighted by Gasteiger charge is 2.03. The van der Waals surface area contributed by atoms with Crippen LogP contribution in [0.25, 0.3) is 0 Å². The molecule has 0 radical (unpaired) electrons. The predicted molar refractivity (Wildman–Crippen MR) is 63.6 cm³/mol. The number of carbonyl (C=O) groups excluding carboxylic acids is 2. The molecule has 0 fully saturated rings. The fraction of sp³-hybridized carbons (Fsp3) is 0.273.